The van der Waals surface area contributed by atoms with E-state index in [-0.39, 0.29) is 12.6 Å². The van der Waals surface area contributed by atoms with Crippen molar-refractivity contribution in [3.05, 3.63) is 15.4 Å². The first-order valence-corrected chi connectivity index (χ1v) is 4.99. The molecule has 0 fully saturated rings. The van der Waals surface area contributed by atoms with Gasteiger partial charge in [0, 0.05) is 4.88 Å². The number of aliphatic hydroxyl groups is 1. The highest BCUT2D eigenvalue weighted by Crippen LogP contribution is 2.36. The van der Waals surface area contributed by atoms with Gasteiger partial charge in [-0.3, -0.25) is 0 Å². The molecule has 3 nitrogen and oxygen atoms in total. The first-order chi connectivity index (χ1) is 5.69. The van der Waals surface area contributed by atoms with Gasteiger partial charge in [-0.1, -0.05) is 0 Å². The Balaban J connectivity index is 2.88. The van der Waals surface area contributed by atoms with Gasteiger partial charge in [-0.05, 0) is 22.0 Å². The first kappa shape index (κ1) is 9.98. The summed E-state index contributed by atoms with van der Waals surface area (Å²) in [6, 6.07) is 1.56. The molecule has 0 aliphatic heterocycles. The van der Waals surface area contributed by atoms with Crippen LogP contribution in [0.2, 0.25) is 0 Å². The monoisotopic (exact) mass is 251 g/mol. The van der Waals surface area contributed by atoms with E-state index in [9.17, 15) is 0 Å². The zero-order chi connectivity index (χ0) is 9.14. The van der Waals surface area contributed by atoms with Crippen LogP contribution in [0.25, 0.3) is 0 Å². The predicted octanol–water partition coefficient (Wildman–Crippen LogP) is 1.51. The lowest BCUT2D eigenvalue weighted by molar-refractivity contribution is 0.269. The number of aliphatic hydroxyl groups excluding tert-OH is 1. The second kappa shape index (κ2) is 4.23. The van der Waals surface area contributed by atoms with Crippen molar-refractivity contribution >= 4 is 27.3 Å². The highest BCUT2D eigenvalue weighted by Gasteiger charge is 2.11. The van der Waals surface area contributed by atoms with Crippen LogP contribution in [0.4, 0.5) is 0 Å². The molecule has 0 radical (unpaired) electrons. The Morgan fingerprint density at radius 2 is 2.50 bits per heavy atom. The third kappa shape index (κ3) is 1.98. The third-order valence-electron chi connectivity index (χ3n) is 1.42. The fraction of sp³-hybridized carbons (Fsp3) is 0.429. The number of methoxy groups -OCH3 is 1. The molecular formula is C7H10BrNO2S. The highest BCUT2D eigenvalue weighted by atomic mass is 79.9. The molecule has 0 bridgehead atoms. The highest BCUT2D eigenvalue weighted by molar-refractivity contribution is 9.10. The number of rotatable bonds is 3. The Kier molecular flexibility index (Phi) is 3.52. The smallest absolute Gasteiger partial charge is 0.188 e. The van der Waals surface area contributed by atoms with Crippen molar-refractivity contribution in [3.8, 4) is 5.06 Å². The van der Waals surface area contributed by atoms with Crippen LogP contribution in [-0.4, -0.2) is 18.8 Å². The molecule has 0 unspecified atom stereocenters. The van der Waals surface area contributed by atoms with E-state index in [0.717, 1.165) is 14.4 Å². The van der Waals surface area contributed by atoms with Crippen LogP contribution in [0.5, 0.6) is 5.06 Å². The Bertz CT molecular complexity index is 264. The second-order valence-electron chi connectivity index (χ2n) is 2.28. The quantitative estimate of drug-likeness (QED) is 0.857. The molecule has 0 amide bonds. The largest absolute Gasteiger partial charge is 0.486 e. The average molecular weight is 252 g/mol. The Morgan fingerprint density at radius 1 is 1.83 bits per heavy atom. The molecule has 5 heteroatoms. The van der Waals surface area contributed by atoms with Crippen molar-refractivity contribution in [2.24, 2.45) is 5.73 Å². The van der Waals surface area contributed by atoms with Crippen LogP contribution in [-0.2, 0) is 0 Å². The Morgan fingerprint density at radius 3 is 2.92 bits per heavy atom. The van der Waals surface area contributed by atoms with Gasteiger partial charge in [-0.15, -0.1) is 11.3 Å². The minimum Gasteiger partial charge on any atom is -0.486 e. The van der Waals surface area contributed by atoms with E-state index in [1.54, 1.807) is 7.11 Å². The summed E-state index contributed by atoms with van der Waals surface area (Å²) < 4.78 is 5.94. The van der Waals surface area contributed by atoms with Gasteiger partial charge in [0.05, 0.1) is 24.2 Å². The molecule has 1 aromatic heterocycles. The van der Waals surface area contributed by atoms with Crippen molar-refractivity contribution in [3.63, 3.8) is 0 Å². The van der Waals surface area contributed by atoms with E-state index in [0.29, 0.717) is 0 Å². The lowest BCUT2D eigenvalue weighted by Crippen LogP contribution is -2.12. The van der Waals surface area contributed by atoms with Crippen LogP contribution >= 0.6 is 27.3 Å². The van der Waals surface area contributed by atoms with Crippen molar-refractivity contribution < 1.29 is 9.84 Å². The summed E-state index contributed by atoms with van der Waals surface area (Å²) in [7, 11) is 1.60. The van der Waals surface area contributed by atoms with Gasteiger partial charge in [-0.2, -0.15) is 0 Å². The molecule has 1 rings (SSSR count). The molecule has 1 aromatic rings. The second-order valence-corrected chi connectivity index (χ2v) is 4.18. The molecule has 0 spiro atoms. The maximum absolute atomic E-state index is 8.79. The third-order valence-corrected chi connectivity index (χ3v) is 3.50. The number of halogens is 1. The molecule has 12 heavy (non-hydrogen) atoms. The van der Waals surface area contributed by atoms with E-state index < -0.39 is 0 Å². The van der Waals surface area contributed by atoms with Crippen LogP contribution in [0.15, 0.2) is 10.5 Å². The molecule has 0 saturated carbocycles. The van der Waals surface area contributed by atoms with Crippen LogP contribution in [0.1, 0.15) is 10.9 Å². The van der Waals surface area contributed by atoms with Crippen LogP contribution in [0.3, 0.4) is 0 Å². The maximum Gasteiger partial charge on any atom is 0.188 e. The number of nitrogens with two attached hydrogens (primary N) is 1. The fourth-order valence-corrected chi connectivity index (χ4v) is 2.44. The predicted molar refractivity (Wildman–Crippen MR) is 52.6 cm³/mol. The number of hydrogen-bond acceptors (Lipinski definition) is 4. The molecule has 68 valence electrons. The minimum absolute atomic E-state index is 0.0455. The van der Waals surface area contributed by atoms with Crippen molar-refractivity contribution in [2.75, 3.05) is 13.7 Å². The summed E-state index contributed by atoms with van der Waals surface area (Å²) in [5.74, 6) is 0. The van der Waals surface area contributed by atoms with E-state index in [2.05, 4.69) is 15.9 Å². The first-order valence-electron chi connectivity index (χ1n) is 3.38. The number of thiophene rings is 1. The molecule has 0 aliphatic rings. The average Bonchev–Trinajstić information content (AvgIpc) is 2.45. The fourth-order valence-electron chi connectivity index (χ4n) is 0.781. The number of ether oxygens (including phenoxy) is 1. The maximum atomic E-state index is 8.79. The zero-order valence-corrected chi connectivity index (χ0v) is 8.98. The van der Waals surface area contributed by atoms with Crippen molar-refractivity contribution in [1.82, 2.24) is 0 Å². The summed E-state index contributed by atoms with van der Waals surface area (Å²) in [5.41, 5.74) is 5.62. The molecular weight excluding hydrogens is 242 g/mol. The Labute approximate surface area is 83.3 Å². The lowest BCUT2D eigenvalue weighted by atomic mass is 10.3. The van der Waals surface area contributed by atoms with Gasteiger partial charge in [0.15, 0.2) is 5.06 Å². The van der Waals surface area contributed by atoms with Gasteiger partial charge in [-0.25, -0.2) is 0 Å². The number of hydrogen-bond donors (Lipinski definition) is 2. The summed E-state index contributed by atoms with van der Waals surface area (Å²) in [4.78, 5) is 0.918. The zero-order valence-electron chi connectivity index (χ0n) is 6.58. The van der Waals surface area contributed by atoms with Gasteiger partial charge in [0.2, 0.25) is 0 Å². The van der Waals surface area contributed by atoms with E-state index in [4.69, 9.17) is 15.6 Å². The molecule has 1 heterocycles. The van der Waals surface area contributed by atoms with E-state index >= 15 is 0 Å². The molecule has 0 saturated heterocycles. The normalized spacial score (nSPS) is 13.0. The Hall–Kier alpha value is -0.100. The van der Waals surface area contributed by atoms with Crippen LogP contribution < -0.4 is 10.5 Å². The molecule has 1 atom stereocenters. The summed E-state index contributed by atoms with van der Waals surface area (Å²) in [6.45, 7) is -0.0455. The summed E-state index contributed by atoms with van der Waals surface area (Å²) >= 11 is 4.76. The van der Waals surface area contributed by atoms with E-state index in [1.807, 2.05) is 6.07 Å². The minimum atomic E-state index is -0.310. The van der Waals surface area contributed by atoms with Gasteiger partial charge < -0.3 is 15.6 Å². The van der Waals surface area contributed by atoms with Crippen LogP contribution in [0, 0.1) is 0 Å². The molecule has 3 N–H and O–H groups in total. The lowest BCUT2D eigenvalue weighted by Gasteiger charge is -2.02. The van der Waals surface area contributed by atoms with Gasteiger partial charge in [0.1, 0.15) is 0 Å². The standard InChI is InChI=1S/C7H10BrNO2S/c1-11-7-4(8)2-6(12-7)5(9)3-10/h2,5,10H,3,9H2,1H3/t5-/m1/s1. The van der Waals surface area contributed by atoms with Gasteiger partial charge >= 0.3 is 0 Å². The summed E-state index contributed by atoms with van der Waals surface area (Å²) in [6.07, 6.45) is 0. The van der Waals surface area contributed by atoms with Gasteiger partial charge in [0.25, 0.3) is 0 Å². The van der Waals surface area contributed by atoms with Crippen molar-refractivity contribution in [1.29, 1.82) is 0 Å². The topological polar surface area (TPSA) is 55.5 Å². The SMILES string of the molecule is COc1sc([C@H](N)CO)cc1Br. The molecule has 0 aliphatic carbocycles. The molecule has 0 aromatic carbocycles. The van der Waals surface area contributed by atoms with E-state index in [1.165, 1.54) is 11.3 Å². The summed E-state index contributed by atoms with van der Waals surface area (Å²) in [5, 5.41) is 9.57. The van der Waals surface area contributed by atoms with Crippen molar-refractivity contribution in [2.45, 2.75) is 6.04 Å².